The van der Waals surface area contributed by atoms with Gasteiger partial charge >= 0.3 is 6.18 Å². The van der Waals surface area contributed by atoms with Gasteiger partial charge in [-0.15, -0.1) is 0 Å². The molecule has 1 aliphatic rings. The van der Waals surface area contributed by atoms with Crippen LogP contribution >= 0.6 is 11.6 Å². The maximum absolute atomic E-state index is 13.8. The second kappa shape index (κ2) is 8.31. The summed E-state index contributed by atoms with van der Waals surface area (Å²) in [5.74, 6) is -0.599. The molecule has 0 spiro atoms. The number of halogens is 5. The SMILES string of the molecule is Cc1c(Cl)c(C(F)(F)F)nn1C(C)C(=O)N1CCN(Cc2ccccc2F)CC1. The quantitative estimate of drug-likeness (QED) is 0.688. The molecule has 0 aliphatic carbocycles. The van der Waals surface area contributed by atoms with Crippen molar-refractivity contribution >= 4 is 17.5 Å². The highest BCUT2D eigenvalue weighted by Crippen LogP contribution is 2.36. The summed E-state index contributed by atoms with van der Waals surface area (Å²) in [4.78, 5) is 16.4. The number of benzene rings is 1. The van der Waals surface area contributed by atoms with Gasteiger partial charge in [0.1, 0.15) is 11.9 Å². The standard InChI is InChI=1S/C19H21ClF4N4O/c1-12-16(20)17(19(22,23)24)25-28(12)13(2)18(29)27-9-7-26(8-10-27)11-14-5-3-4-6-15(14)21/h3-6,13H,7-11H2,1-2H3. The molecular formula is C19H21ClF4N4O. The fraction of sp³-hybridized carbons (Fsp3) is 0.474. The van der Waals surface area contributed by atoms with Crippen molar-refractivity contribution in [3.05, 3.63) is 52.1 Å². The van der Waals surface area contributed by atoms with Gasteiger partial charge in [-0.2, -0.15) is 18.3 Å². The van der Waals surface area contributed by atoms with Gasteiger partial charge in [-0.1, -0.05) is 29.8 Å². The third-order valence-electron chi connectivity index (χ3n) is 5.11. The first kappa shape index (κ1) is 21.6. The van der Waals surface area contributed by atoms with E-state index in [1.54, 1.807) is 23.1 Å². The Hall–Kier alpha value is -2.13. The number of alkyl halides is 3. The zero-order valence-electron chi connectivity index (χ0n) is 16.0. The van der Waals surface area contributed by atoms with Gasteiger partial charge in [-0.3, -0.25) is 14.4 Å². The molecule has 29 heavy (non-hydrogen) atoms. The molecule has 1 unspecified atom stereocenters. The van der Waals surface area contributed by atoms with Crippen LogP contribution in [-0.4, -0.2) is 51.7 Å². The number of hydrogen-bond acceptors (Lipinski definition) is 3. The summed E-state index contributed by atoms with van der Waals surface area (Å²) in [6, 6.07) is 5.61. The Morgan fingerprint density at radius 1 is 1.21 bits per heavy atom. The molecule has 1 aromatic heterocycles. The number of nitrogens with zero attached hydrogens (tertiary/aromatic N) is 4. The van der Waals surface area contributed by atoms with Crippen LogP contribution in [0.15, 0.2) is 24.3 Å². The van der Waals surface area contributed by atoms with Crippen LogP contribution in [-0.2, 0) is 17.5 Å². The first-order chi connectivity index (χ1) is 13.6. The van der Waals surface area contributed by atoms with Gasteiger partial charge in [0.2, 0.25) is 5.91 Å². The van der Waals surface area contributed by atoms with Gasteiger partial charge in [0.05, 0.1) is 10.7 Å². The van der Waals surface area contributed by atoms with Crippen LogP contribution in [0.5, 0.6) is 0 Å². The summed E-state index contributed by atoms with van der Waals surface area (Å²) >= 11 is 5.78. The lowest BCUT2D eigenvalue weighted by molar-refractivity contribution is -0.142. The second-order valence-electron chi connectivity index (χ2n) is 7.06. The number of carbonyl (C=O) groups excluding carboxylic acids is 1. The summed E-state index contributed by atoms with van der Waals surface area (Å²) in [5.41, 5.74) is -0.508. The Morgan fingerprint density at radius 2 is 1.83 bits per heavy atom. The van der Waals surface area contributed by atoms with Gasteiger partial charge < -0.3 is 4.90 Å². The van der Waals surface area contributed by atoms with Crippen molar-refractivity contribution in [2.45, 2.75) is 32.6 Å². The van der Waals surface area contributed by atoms with Crippen molar-refractivity contribution in [1.29, 1.82) is 0 Å². The van der Waals surface area contributed by atoms with Crippen LogP contribution in [0.25, 0.3) is 0 Å². The molecule has 2 heterocycles. The highest BCUT2D eigenvalue weighted by atomic mass is 35.5. The predicted octanol–water partition coefficient (Wildman–Crippen LogP) is 3.91. The fourth-order valence-corrected chi connectivity index (χ4v) is 3.65. The van der Waals surface area contributed by atoms with E-state index in [9.17, 15) is 22.4 Å². The molecule has 1 aliphatic heterocycles. The minimum Gasteiger partial charge on any atom is -0.338 e. The molecule has 0 radical (unpaired) electrons. The Bertz CT molecular complexity index is 891. The normalized spacial score (nSPS) is 16.9. The van der Waals surface area contributed by atoms with Crippen molar-refractivity contribution < 1.29 is 22.4 Å². The molecule has 1 amide bonds. The fourth-order valence-electron chi connectivity index (χ4n) is 3.42. The molecule has 0 saturated carbocycles. The van der Waals surface area contributed by atoms with Crippen LogP contribution < -0.4 is 0 Å². The first-order valence-electron chi connectivity index (χ1n) is 9.16. The minimum absolute atomic E-state index is 0.0954. The van der Waals surface area contributed by atoms with E-state index in [-0.39, 0.29) is 17.4 Å². The van der Waals surface area contributed by atoms with E-state index >= 15 is 0 Å². The van der Waals surface area contributed by atoms with Crippen LogP contribution in [0, 0.1) is 12.7 Å². The van der Waals surface area contributed by atoms with Crippen LogP contribution in [0.2, 0.25) is 5.02 Å². The second-order valence-corrected chi connectivity index (χ2v) is 7.44. The summed E-state index contributed by atoms with van der Waals surface area (Å²) in [6.07, 6.45) is -4.69. The zero-order chi connectivity index (χ0) is 21.3. The Morgan fingerprint density at radius 3 is 2.38 bits per heavy atom. The molecular weight excluding hydrogens is 412 g/mol. The third kappa shape index (κ3) is 4.56. The molecule has 2 aromatic rings. The lowest BCUT2D eigenvalue weighted by Crippen LogP contribution is -2.50. The molecule has 1 aromatic carbocycles. The number of aromatic nitrogens is 2. The van der Waals surface area contributed by atoms with E-state index in [2.05, 4.69) is 5.10 Å². The van der Waals surface area contributed by atoms with E-state index < -0.39 is 22.9 Å². The first-order valence-corrected chi connectivity index (χ1v) is 9.53. The number of amides is 1. The Kier molecular flexibility index (Phi) is 6.19. The monoisotopic (exact) mass is 432 g/mol. The van der Waals surface area contributed by atoms with Crippen LogP contribution in [0.4, 0.5) is 17.6 Å². The molecule has 158 valence electrons. The summed E-state index contributed by atoms with van der Waals surface area (Å²) < 4.78 is 53.9. The zero-order valence-corrected chi connectivity index (χ0v) is 16.8. The van der Waals surface area contributed by atoms with E-state index in [1.165, 1.54) is 19.9 Å². The van der Waals surface area contributed by atoms with Crippen LogP contribution in [0.3, 0.4) is 0 Å². The Labute approximate surface area is 170 Å². The maximum Gasteiger partial charge on any atom is 0.436 e. The molecule has 1 fully saturated rings. The maximum atomic E-state index is 13.8. The van der Waals surface area contributed by atoms with E-state index in [1.807, 2.05) is 4.90 Å². The molecule has 0 N–H and O–H groups in total. The number of rotatable bonds is 4. The van der Waals surface area contributed by atoms with Gasteiger partial charge in [0, 0.05) is 38.3 Å². The summed E-state index contributed by atoms with van der Waals surface area (Å²) in [7, 11) is 0. The molecule has 0 bridgehead atoms. The Balaban J connectivity index is 1.64. The van der Waals surface area contributed by atoms with Crippen molar-refractivity contribution in [2.24, 2.45) is 0 Å². The van der Waals surface area contributed by atoms with Gasteiger partial charge in [-0.25, -0.2) is 4.39 Å². The molecule has 5 nitrogen and oxygen atoms in total. The highest BCUT2D eigenvalue weighted by molar-refractivity contribution is 6.32. The van der Waals surface area contributed by atoms with E-state index in [0.717, 1.165) is 4.68 Å². The van der Waals surface area contributed by atoms with Crippen molar-refractivity contribution in [3.63, 3.8) is 0 Å². The van der Waals surface area contributed by atoms with Crippen LogP contribution in [0.1, 0.15) is 29.9 Å². The van der Waals surface area contributed by atoms with E-state index in [0.29, 0.717) is 38.3 Å². The number of carbonyl (C=O) groups is 1. The third-order valence-corrected chi connectivity index (χ3v) is 5.56. The van der Waals surface area contributed by atoms with Crippen molar-refractivity contribution in [3.8, 4) is 0 Å². The molecule has 1 saturated heterocycles. The summed E-state index contributed by atoms with van der Waals surface area (Å²) in [5, 5.41) is 3.04. The highest BCUT2D eigenvalue weighted by Gasteiger charge is 2.39. The number of piperazine rings is 1. The molecule has 10 heteroatoms. The molecule has 3 rings (SSSR count). The lowest BCUT2D eigenvalue weighted by atomic mass is 10.1. The largest absolute Gasteiger partial charge is 0.436 e. The average Bonchev–Trinajstić information content (AvgIpc) is 2.98. The molecule has 1 atom stereocenters. The predicted molar refractivity (Wildman–Crippen MR) is 99.9 cm³/mol. The number of hydrogen-bond donors (Lipinski definition) is 0. The van der Waals surface area contributed by atoms with E-state index in [4.69, 9.17) is 11.6 Å². The van der Waals surface area contributed by atoms with Crippen molar-refractivity contribution in [2.75, 3.05) is 26.2 Å². The topological polar surface area (TPSA) is 41.4 Å². The van der Waals surface area contributed by atoms with Gasteiger partial charge in [0.15, 0.2) is 5.69 Å². The van der Waals surface area contributed by atoms with Crippen molar-refractivity contribution in [1.82, 2.24) is 19.6 Å². The van der Waals surface area contributed by atoms with Gasteiger partial charge in [-0.05, 0) is 19.9 Å². The smallest absolute Gasteiger partial charge is 0.338 e. The van der Waals surface area contributed by atoms with Gasteiger partial charge in [0.25, 0.3) is 0 Å². The lowest BCUT2D eigenvalue weighted by Gasteiger charge is -2.36. The summed E-state index contributed by atoms with van der Waals surface area (Å²) in [6.45, 7) is 5.23. The minimum atomic E-state index is -4.69. The average molecular weight is 433 g/mol.